The van der Waals surface area contributed by atoms with Gasteiger partial charge in [-0.25, -0.2) is 0 Å². The van der Waals surface area contributed by atoms with Crippen molar-refractivity contribution in [1.82, 2.24) is 10.4 Å². The summed E-state index contributed by atoms with van der Waals surface area (Å²) >= 11 is 0. The molecule has 7 heavy (non-hydrogen) atoms. The Labute approximate surface area is 39.7 Å². The van der Waals surface area contributed by atoms with Crippen molar-refractivity contribution in [3.05, 3.63) is 5.69 Å². The lowest BCUT2D eigenvalue weighted by Crippen LogP contribution is -1.67. The van der Waals surface area contributed by atoms with E-state index in [9.17, 15) is 0 Å². The molecule has 1 aromatic rings. The molecule has 0 bridgehead atoms. The third kappa shape index (κ3) is 0.534. The van der Waals surface area contributed by atoms with Gasteiger partial charge in [0, 0.05) is 5.27 Å². The average Bonchev–Trinajstić information content (AvgIpc) is 1.91. The minimum atomic E-state index is -0.208. The highest BCUT2D eigenvalue weighted by Crippen LogP contribution is 2.07. The molecule has 0 fully saturated rings. The van der Waals surface area contributed by atoms with E-state index in [1.165, 1.54) is 0 Å². The van der Waals surface area contributed by atoms with Crippen LogP contribution < -0.4 is 0 Å². The van der Waals surface area contributed by atoms with Gasteiger partial charge in [0.2, 0.25) is 0 Å². The minimum absolute atomic E-state index is 0.208. The molecule has 1 N–H and O–H groups in total. The number of rotatable bonds is 0. The standard InChI is InChI=1S/C3H4N2O2/c1-2-3(6)7-5-4-2/h6H,1H3. The summed E-state index contributed by atoms with van der Waals surface area (Å²) in [5.41, 5.74) is 0.417. The third-order valence-corrected chi connectivity index (χ3v) is 0.628. The Balaban J connectivity index is 3.12. The summed E-state index contributed by atoms with van der Waals surface area (Å²) in [7, 11) is 0. The second-order valence-corrected chi connectivity index (χ2v) is 1.16. The Hall–Kier alpha value is -1.06. The zero-order chi connectivity index (χ0) is 5.28. The molecule has 0 aliphatic heterocycles. The Morgan fingerprint density at radius 1 is 1.71 bits per heavy atom. The van der Waals surface area contributed by atoms with Crippen molar-refractivity contribution in [3.63, 3.8) is 0 Å². The summed E-state index contributed by atoms with van der Waals surface area (Å²) in [6.07, 6.45) is 0. The fourth-order valence-electron chi connectivity index (χ4n) is 0.229. The van der Waals surface area contributed by atoms with Crippen LogP contribution in [0.25, 0.3) is 0 Å². The molecule has 0 aromatic carbocycles. The Bertz CT molecular complexity index is 143. The molecule has 0 saturated carbocycles. The lowest BCUT2D eigenvalue weighted by molar-refractivity contribution is 0.269. The molecule has 1 rings (SSSR count). The normalized spacial score (nSPS) is 9.29. The maximum Gasteiger partial charge on any atom is 0.332 e. The first-order valence-corrected chi connectivity index (χ1v) is 1.78. The van der Waals surface area contributed by atoms with Crippen LogP contribution >= 0.6 is 0 Å². The predicted molar refractivity (Wildman–Crippen MR) is 20.7 cm³/mol. The fourth-order valence-corrected chi connectivity index (χ4v) is 0.229. The molecule has 1 aromatic heterocycles. The first kappa shape index (κ1) is 4.11. The van der Waals surface area contributed by atoms with Crippen LogP contribution in [0.1, 0.15) is 5.69 Å². The summed E-state index contributed by atoms with van der Waals surface area (Å²) in [5, 5.41) is 14.9. The van der Waals surface area contributed by atoms with Crippen LogP contribution in [0.15, 0.2) is 4.52 Å². The van der Waals surface area contributed by atoms with Crippen LogP contribution in [-0.2, 0) is 0 Å². The average molecular weight is 100 g/mol. The van der Waals surface area contributed by atoms with E-state index in [4.69, 9.17) is 5.11 Å². The Morgan fingerprint density at radius 3 is 2.57 bits per heavy atom. The molecule has 4 nitrogen and oxygen atoms in total. The van der Waals surface area contributed by atoms with Gasteiger partial charge in [0.25, 0.3) is 0 Å². The summed E-state index contributed by atoms with van der Waals surface area (Å²) in [6.45, 7) is 1.60. The molecule has 0 amide bonds. The van der Waals surface area contributed by atoms with Crippen molar-refractivity contribution in [1.29, 1.82) is 0 Å². The Kier molecular flexibility index (Phi) is 0.714. The molecule has 0 atom stereocenters. The maximum absolute atomic E-state index is 8.47. The molecule has 0 saturated heterocycles. The van der Waals surface area contributed by atoms with E-state index < -0.39 is 0 Å². The SMILES string of the molecule is Cc1nnoc1O. The zero-order valence-corrected chi connectivity index (χ0v) is 3.75. The quantitative estimate of drug-likeness (QED) is 0.501. The van der Waals surface area contributed by atoms with Gasteiger partial charge in [0.15, 0.2) is 0 Å². The van der Waals surface area contributed by atoms with E-state index >= 15 is 0 Å². The third-order valence-electron chi connectivity index (χ3n) is 0.628. The number of hydrogen-bond acceptors (Lipinski definition) is 4. The Morgan fingerprint density at radius 2 is 2.43 bits per heavy atom. The van der Waals surface area contributed by atoms with Crippen LogP contribution in [0.3, 0.4) is 0 Å². The fraction of sp³-hybridized carbons (Fsp3) is 0.333. The molecule has 38 valence electrons. The van der Waals surface area contributed by atoms with Gasteiger partial charge in [-0.05, 0) is 6.92 Å². The van der Waals surface area contributed by atoms with Crippen LogP contribution in [0, 0.1) is 6.92 Å². The number of aromatic hydroxyl groups is 1. The van der Waals surface area contributed by atoms with Crippen LogP contribution in [0.2, 0.25) is 0 Å². The molecule has 0 unspecified atom stereocenters. The topological polar surface area (TPSA) is 59.2 Å². The van der Waals surface area contributed by atoms with Gasteiger partial charge in [-0.3, -0.25) is 4.52 Å². The lowest BCUT2D eigenvalue weighted by atomic mass is 10.6. The van der Waals surface area contributed by atoms with Gasteiger partial charge in [0.1, 0.15) is 5.69 Å². The van der Waals surface area contributed by atoms with E-state index in [0.29, 0.717) is 5.69 Å². The molecule has 0 aliphatic rings. The highest BCUT2D eigenvalue weighted by molar-refractivity contribution is 5.05. The highest BCUT2D eigenvalue weighted by Gasteiger charge is 1.97. The van der Waals surface area contributed by atoms with Crippen molar-refractivity contribution >= 4 is 0 Å². The largest absolute Gasteiger partial charge is 0.478 e. The van der Waals surface area contributed by atoms with Crippen LogP contribution in [-0.4, -0.2) is 15.5 Å². The van der Waals surface area contributed by atoms with E-state index in [0.717, 1.165) is 0 Å². The monoisotopic (exact) mass is 100 g/mol. The van der Waals surface area contributed by atoms with E-state index in [1.54, 1.807) is 6.92 Å². The minimum Gasteiger partial charge on any atom is -0.478 e. The molecule has 0 spiro atoms. The van der Waals surface area contributed by atoms with Gasteiger partial charge in [-0.15, -0.1) is 5.10 Å². The van der Waals surface area contributed by atoms with Crippen LogP contribution in [0.5, 0.6) is 5.95 Å². The van der Waals surface area contributed by atoms with E-state index in [2.05, 4.69) is 14.9 Å². The predicted octanol–water partition coefficient (Wildman–Crippen LogP) is 0.0836. The first-order valence-electron chi connectivity index (χ1n) is 1.78. The van der Waals surface area contributed by atoms with Crippen molar-refractivity contribution in [3.8, 4) is 5.95 Å². The van der Waals surface area contributed by atoms with Crippen molar-refractivity contribution < 1.29 is 9.63 Å². The molecular formula is C3H4N2O2. The van der Waals surface area contributed by atoms with Gasteiger partial charge in [0.05, 0.1) is 0 Å². The number of aromatic nitrogens is 2. The van der Waals surface area contributed by atoms with Crippen LogP contribution in [0.4, 0.5) is 0 Å². The van der Waals surface area contributed by atoms with Crippen molar-refractivity contribution in [2.24, 2.45) is 0 Å². The van der Waals surface area contributed by atoms with Crippen molar-refractivity contribution in [2.75, 3.05) is 0 Å². The number of nitrogens with zero attached hydrogens (tertiary/aromatic N) is 2. The molecule has 4 heteroatoms. The highest BCUT2D eigenvalue weighted by atomic mass is 16.6. The molecule has 0 radical (unpaired) electrons. The van der Waals surface area contributed by atoms with Crippen molar-refractivity contribution in [2.45, 2.75) is 6.92 Å². The lowest BCUT2D eigenvalue weighted by Gasteiger charge is -1.72. The number of hydrogen-bond donors (Lipinski definition) is 1. The zero-order valence-electron chi connectivity index (χ0n) is 3.75. The van der Waals surface area contributed by atoms with Gasteiger partial charge in [-0.1, -0.05) is 0 Å². The van der Waals surface area contributed by atoms with Gasteiger partial charge < -0.3 is 5.11 Å². The molecule has 0 aliphatic carbocycles. The summed E-state index contributed by atoms with van der Waals surface area (Å²) in [4.78, 5) is 0. The van der Waals surface area contributed by atoms with Gasteiger partial charge in [-0.2, -0.15) is 0 Å². The first-order chi connectivity index (χ1) is 3.30. The summed E-state index contributed by atoms with van der Waals surface area (Å²) in [5.74, 6) is -0.208. The van der Waals surface area contributed by atoms with Gasteiger partial charge >= 0.3 is 5.95 Å². The summed E-state index contributed by atoms with van der Waals surface area (Å²) < 4.78 is 4.16. The van der Waals surface area contributed by atoms with E-state index in [1.807, 2.05) is 0 Å². The van der Waals surface area contributed by atoms with E-state index in [-0.39, 0.29) is 5.95 Å². The summed E-state index contributed by atoms with van der Waals surface area (Å²) in [6, 6.07) is 0. The smallest absolute Gasteiger partial charge is 0.332 e. The number of aryl methyl sites for hydroxylation is 1. The molecular weight excluding hydrogens is 96.0 g/mol. The second-order valence-electron chi connectivity index (χ2n) is 1.16. The maximum atomic E-state index is 8.47. The molecule has 1 heterocycles. The second kappa shape index (κ2) is 1.22.